The molecule has 0 saturated carbocycles. The van der Waals surface area contributed by atoms with Crippen molar-refractivity contribution in [1.29, 1.82) is 0 Å². The molecular weight excluding hydrogens is 280 g/mol. The van der Waals surface area contributed by atoms with Gasteiger partial charge >= 0.3 is 0 Å². The Kier molecular flexibility index (Phi) is 3.48. The van der Waals surface area contributed by atoms with Crippen LogP contribution in [0.3, 0.4) is 0 Å². The third kappa shape index (κ3) is 2.49. The molecule has 1 N–H and O–H groups in total. The van der Waals surface area contributed by atoms with Crippen LogP contribution in [0.25, 0.3) is 11.1 Å². The molecule has 5 heteroatoms. The number of halogens is 3. The number of aromatic amines is 1. The summed E-state index contributed by atoms with van der Waals surface area (Å²) in [6.45, 7) is 1.83. The molecule has 88 valence electrons. The molecule has 0 amide bonds. The van der Waals surface area contributed by atoms with Crippen molar-refractivity contribution in [2.45, 2.75) is 6.92 Å². The molecule has 1 aromatic heterocycles. The van der Waals surface area contributed by atoms with E-state index in [-0.39, 0.29) is 5.56 Å². The zero-order valence-corrected chi connectivity index (χ0v) is 11.1. The lowest BCUT2D eigenvalue weighted by atomic mass is 10.0. The molecule has 0 unspecified atom stereocenters. The number of benzene rings is 1. The highest BCUT2D eigenvalue weighted by molar-refractivity contribution is 6.45. The van der Waals surface area contributed by atoms with E-state index in [1.54, 1.807) is 18.3 Å². The van der Waals surface area contributed by atoms with Crippen LogP contribution in [0.4, 0.5) is 0 Å². The van der Waals surface area contributed by atoms with E-state index in [1.807, 2.05) is 6.92 Å². The zero-order valence-electron chi connectivity index (χ0n) is 8.85. The predicted molar refractivity (Wildman–Crippen MR) is 72.3 cm³/mol. The highest BCUT2D eigenvalue weighted by Gasteiger charge is 2.11. The second-order valence-electron chi connectivity index (χ2n) is 3.64. The fraction of sp³-hybridized carbons (Fsp3) is 0.0833. The molecule has 0 radical (unpaired) electrons. The van der Waals surface area contributed by atoms with Crippen LogP contribution in [0.15, 0.2) is 29.2 Å². The van der Waals surface area contributed by atoms with Gasteiger partial charge in [-0.15, -0.1) is 0 Å². The number of hydrogen-bond acceptors (Lipinski definition) is 1. The normalized spacial score (nSPS) is 10.6. The van der Waals surface area contributed by atoms with E-state index in [0.717, 1.165) is 11.1 Å². The quantitative estimate of drug-likeness (QED) is 0.779. The number of aromatic nitrogens is 1. The van der Waals surface area contributed by atoms with Crippen molar-refractivity contribution >= 4 is 34.8 Å². The topological polar surface area (TPSA) is 32.9 Å². The molecule has 0 atom stereocenters. The molecule has 1 aromatic carbocycles. The Hall–Kier alpha value is -0.960. The molecule has 2 aromatic rings. The van der Waals surface area contributed by atoms with Crippen molar-refractivity contribution in [2.75, 3.05) is 0 Å². The van der Waals surface area contributed by atoms with Gasteiger partial charge in [-0.3, -0.25) is 4.79 Å². The van der Waals surface area contributed by atoms with Crippen molar-refractivity contribution in [2.24, 2.45) is 0 Å². The summed E-state index contributed by atoms with van der Waals surface area (Å²) in [5, 5.41) is 1.31. The second kappa shape index (κ2) is 4.73. The number of hydrogen-bond donors (Lipinski definition) is 1. The van der Waals surface area contributed by atoms with Gasteiger partial charge in [-0.25, -0.2) is 0 Å². The predicted octanol–water partition coefficient (Wildman–Crippen LogP) is 4.31. The molecule has 0 bridgehead atoms. The van der Waals surface area contributed by atoms with Gasteiger partial charge in [-0.1, -0.05) is 34.8 Å². The lowest BCUT2D eigenvalue weighted by Gasteiger charge is -2.09. The molecule has 0 fully saturated rings. The van der Waals surface area contributed by atoms with Gasteiger partial charge in [0.15, 0.2) is 0 Å². The van der Waals surface area contributed by atoms with Gasteiger partial charge in [0.2, 0.25) is 5.56 Å². The molecule has 0 saturated heterocycles. The van der Waals surface area contributed by atoms with Crippen molar-refractivity contribution in [3.05, 3.63) is 55.4 Å². The van der Waals surface area contributed by atoms with Crippen LogP contribution >= 0.6 is 34.8 Å². The molecule has 2 nitrogen and oxygen atoms in total. The zero-order chi connectivity index (χ0) is 12.6. The average Bonchev–Trinajstić information content (AvgIpc) is 2.24. The van der Waals surface area contributed by atoms with Gasteiger partial charge in [-0.2, -0.15) is 0 Å². The van der Waals surface area contributed by atoms with Crippen LogP contribution in [0.5, 0.6) is 0 Å². The summed E-state index contributed by atoms with van der Waals surface area (Å²) in [5.74, 6) is 0. The maximum atomic E-state index is 11.2. The maximum Gasteiger partial charge on any atom is 0.248 e. The first-order valence-corrected chi connectivity index (χ1v) is 5.96. The van der Waals surface area contributed by atoms with E-state index in [1.165, 1.54) is 6.07 Å². The van der Waals surface area contributed by atoms with Gasteiger partial charge in [0.25, 0.3) is 0 Å². The Labute approximate surface area is 113 Å². The summed E-state index contributed by atoms with van der Waals surface area (Å²) < 4.78 is 0. The Bertz CT molecular complexity index is 634. The average molecular weight is 289 g/mol. The highest BCUT2D eigenvalue weighted by Crippen LogP contribution is 2.37. The van der Waals surface area contributed by atoms with Crippen LogP contribution < -0.4 is 5.56 Å². The minimum atomic E-state index is -0.157. The maximum absolute atomic E-state index is 11.2. The number of pyridine rings is 1. The van der Waals surface area contributed by atoms with Crippen LogP contribution in [0.2, 0.25) is 15.1 Å². The van der Waals surface area contributed by atoms with Crippen LogP contribution in [0, 0.1) is 6.92 Å². The largest absolute Gasteiger partial charge is 0.328 e. The van der Waals surface area contributed by atoms with Crippen molar-refractivity contribution in [3.63, 3.8) is 0 Å². The minimum Gasteiger partial charge on any atom is -0.328 e. The van der Waals surface area contributed by atoms with Crippen LogP contribution in [0.1, 0.15) is 5.56 Å². The van der Waals surface area contributed by atoms with Gasteiger partial charge < -0.3 is 4.98 Å². The number of aryl methyl sites for hydroxylation is 1. The molecule has 1 heterocycles. The lowest BCUT2D eigenvalue weighted by molar-refractivity contribution is 1.21. The first kappa shape index (κ1) is 12.5. The number of nitrogens with one attached hydrogen (secondary N) is 1. The SMILES string of the molecule is Cc1cc(=O)[nH]cc1-c1cc(Cl)cc(Cl)c1Cl. The Balaban J connectivity index is 2.72. The number of H-pyrrole nitrogens is 1. The van der Waals surface area contributed by atoms with E-state index >= 15 is 0 Å². The van der Waals surface area contributed by atoms with Gasteiger partial charge in [0, 0.05) is 28.4 Å². The second-order valence-corrected chi connectivity index (χ2v) is 4.86. The molecular formula is C12H8Cl3NO. The van der Waals surface area contributed by atoms with Crippen molar-refractivity contribution in [1.82, 2.24) is 4.98 Å². The molecule has 0 aliphatic rings. The molecule has 0 aliphatic heterocycles. The summed E-state index contributed by atoms with van der Waals surface area (Å²) in [4.78, 5) is 13.8. The van der Waals surface area contributed by atoms with E-state index in [2.05, 4.69) is 4.98 Å². The fourth-order valence-corrected chi connectivity index (χ4v) is 2.32. The standard InChI is InChI=1S/C12H8Cl3NO/c1-6-2-11(17)16-5-9(6)8-3-7(13)4-10(14)12(8)15/h2-5H,1H3,(H,16,17). The Morgan fingerprint density at radius 2 is 1.76 bits per heavy atom. The first-order valence-electron chi connectivity index (χ1n) is 4.83. The Morgan fingerprint density at radius 3 is 2.41 bits per heavy atom. The molecule has 2 rings (SSSR count). The Morgan fingerprint density at radius 1 is 1.06 bits per heavy atom. The third-order valence-corrected chi connectivity index (χ3v) is 3.43. The molecule has 0 aliphatic carbocycles. The summed E-state index contributed by atoms with van der Waals surface area (Å²) >= 11 is 18.0. The van der Waals surface area contributed by atoms with Gasteiger partial charge in [0.05, 0.1) is 10.0 Å². The summed E-state index contributed by atoms with van der Waals surface area (Å²) in [6.07, 6.45) is 1.60. The fourth-order valence-electron chi connectivity index (χ4n) is 1.62. The monoisotopic (exact) mass is 287 g/mol. The number of rotatable bonds is 1. The van der Waals surface area contributed by atoms with Crippen molar-refractivity contribution < 1.29 is 0 Å². The lowest BCUT2D eigenvalue weighted by Crippen LogP contribution is -2.04. The van der Waals surface area contributed by atoms with Crippen LogP contribution in [-0.4, -0.2) is 4.98 Å². The van der Waals surface area contributed by atoms with E-state index in [4.69, 9.17) is 34.8 Å². The van der Waals surface area contributed by atoms with Crippen molar-refractivity contribution in [3.8, 4) is 11.1 Å². The highest BCUT2D eigenvalue weighted by atomic mass is 35.5. The van der Waals surface area contributed by atoms with Gasteiger partial charge in [0.1, 0.15) is 0 Å². The summed E-state index contributed by atoms with van der Waals surface area (Å²) in [5.41, 5.74) is 2.17. The van der Waals surface area contributed by atoms with E-state index < -0.39 is 0 Å². The third-order valence-electron chi connectivity index (χ3n) is 2.41. The molecule has 0 spiro atoms. The van der Waals surface area contributed by atoms with Gasteiger partial charge in [-0.05, 0) is 24.6 Å². The molecule has 17 heavy (non-hydrogen) atoms. The van der Waals surface area contributed by atoms with Crippen LogP contribution in [-0.2, 0) is 0 Å². The van der Waals surface area contributed by atoms with E-state index in [9.17, 15) is 4.79 Å². The van der Waals surface area contributed by atoms with E-state index in [0.29, 0.717) is 20.6 Å². The summed E-state index contributed by atoms with van der Waals surface area (Å²) in [7, 11) is 0. The minimum absolute atomic E-state index is 0.157. The smallest absolute Gasteiger partial charge is 0.248 e. The first-order chi connectivity index (χ1) is 7.99. The summed E-state index contributed by atoms with van der Waals surface area (Å²) in [6, 6.07) is 4.80.